The molecule has 1 aliphatic carbocycles. The van der Waals surface area contributed by atoms with E-state index in [0.717, 1.165) is 29.0 Å². The van der Waals surface area contributed by atoms with Crippen LogP contribution in [-0.4, -0.2) is 0 Å². The second-order valence-electron chi connectivity index (χ2n) is 10.7. The maximum Gasteiger partial charge on any atom is 0.121 e. The number of halogens is 2. The molecule has 0 bridgehead atoms. The van der Waals surface area contributed by atoms with Crippen molar-refractivity contribution in [3.8, 4) is 0 Å². The van der Waals surface area contributed by atoms with E-state index in [4.69, 9.17) is 23.2 Å². The van der Waals surface area contributed by atoms with Crippen LogP contribution in [0.2, 0.25) is 5.02 Å². The van der Waals surface area contributed by atoms with Gasteiger partial charge in [-0.2, -0.15) is 0 Å². The van der Waals surface area contributed by atoms with Crippen molar-refractivity contribution in [2.24, 2.45) is 5.92 Å². The second-order valence-corrected chi connectivity index (χ2v) is 11.7. The van der Waals surface area contributed by atoms with Gasteiger partial charge >= 0.3 is 0 Å². The van der Waals surface area contributed by atoms with Crippen LogP contribution in [0.25, 0.3) is 0 Å². The van der Waals surface area contributed by atoms with Crippen molar-refractivity contribution in [2.75, 3.05) is 0 Å². The number of aryl methyl sites for hydroxylation is 1. The van der Waals surface area contributed by atoms with E-state index in [1.54, 1.807) is 0 Å². The van der Waals surface area contributed by atoms with Crippen LogP contribution in [0.4, 0.5) is 0 Å². The molecule has 1 saturated carbocycles. The number of hydrogen-bond donors (Lipinski definition) is 0. The maximum absolute atomic E-state index is 7.45. The van der Waals surface area contributed by atoms with Gasteiger partial charge in [-0.05, 0) is 41.5 Å². The van der Waals surface area contributed by atoms with Gasteiger partial charge in [0.1, 0.15) is 4.87 Å². The third kappa shape index (κ3) is 7.39. The molecule has 0 nitrogen and oxygen atoms in total. The highest BCUT2D eigenvalue weighted by Gasteiger charge is 2.35. The van der Waals surface area contributed by atoms with Crippen molar-refractivity contribution in [1.82, 2.24) is 0 Å². The minimum atomic E-state index is -0.812. The average molecular weight is 522 g/mol. The lowest BCUT2D eigenvalue weighted by molar-refractivity contribution is 0.357. The van der Waals surface area contributed by atoms with Crippen molar-refractivity contribution in [2.45, 2.75) is 94.8 Å². The molecular weight excluding hydrogens is 479 g/mol. The Balaban J connectivity index is 1.34. The van der Waals surface area contributed by atoms with Gasteiger partial charge in [-0.15, -0.1) is 11.6 Å². The number of hydrogen-bond acceptors (Lipinski definition) is 0. The van der Waals surface area contributed by atoms with Crippen molar-refractivity contribution < 1.29 is 0 Å². The summed E-state index contributed by atoms with van der Waals surface area (Å²) in [4.78, 5) is -0.812. The molecule has 0 N–H and O–H groups in total. The standard InChI is InChI=1S/C34H42Cl2/c35-33-23-15-14-22-32(33)34(36,30-20-12-7-13-21-30)31-26-24-29(25-27-31)19-11-6-10-18-28-16-8-4-2-1-3-5-9-17-28/h7,12-15,20-28H,1-6,8-11,16-19H2. The summed E-state index contributed by atoms with van der Waals surface area (Å²) >= 11 is 14.1. The number of unbranched alkanes of at least 4 members (excludes halogenated alkanes) is 2. The van der Waals surface area contributed by atoms with E-state index in [9.17, 15) is 0 Å². The lowest BCUT2D eigenvalue weighted by Crippen LogP contribution is -2.22. The van der Waals surface area contributed by atoms with Crippen LogP contribution >= 0.6 is 23.2 Å². The fourth-order valence-corrected chi connectivity index (χ4v) is 6.65. The molecule has 0 aliphatic heterocycles. The van der Waals surface area contributed by atoms with Crippen LogP contribution in [0, 0.1) is 5.92 Å². The van der Waals surface area contributed by atoms with Gasteiger partial charge in [-0.1, -0.05) is 161 Å². The van der Waals surface area contributed by atoms with Crippen LogP contribution in [0.15, 0.2) is 78.9 Å². The van der Waals surface area contributed by atoms with Gasteiger partial charge in [0.05, 0.1) is 0 Å². The van der Waals surface area contributed by atoms with E-state index in [-0.39, 0.29) is 0 Å². The van der Waals surface area contributed by atoms with Crippen LogP contribution in [0.5, 0.6) is 0 Å². The molecule has 0 radical (unpaired) electrons. The summed E-state index contributed by atoms with van der Waals surface area (Å²) in [7, 11) is 0. The van der Waals surface area contributed by atoms with E-state index in [2.05, 4.69) is 36.4 Å². The molecule has 0 spiro atoms. The molecule has 0 aromatic heterocycles. The van der Waals surface area contributed by atoms with E-state index in [0.29, 0.717) is 5.02 Å². The molecule has 0 heterocycles. The van der Waals surface area contributed by atoms with Crippen LogP contribution in [0.3, 0.4) is 0 Å². The monoisotopic (exact) mass is 520 g/mol. The first-order valence-corrected chi connectivity index (χ1v) is 15.0. The summed E-state index contributed by atoms with van der Waals surface area (Å²) in [6, 6.07) is 27.1. The molecule has 3 aromatic rings. The number of rotatable bonds is 9. The summed E-state index contributed by atoms with van der Waals surface area (Å²) in [5.41, 5.74) is 4.41. The Bertz CT molecular complexity index is 1020. The van der Waals surface area contributed by atoms with Gasteiger partial charge in [0.25, 0.3) is 0 Å². The maximum atomic E-state index is 7.45. The number of alkyl halides is 1. The minimum absolute atomic E-state index is 0.691. The summed E-state index contributed by atoms with van der Waals surface area (Å²) in [5.74, 6) is 0.974. The Morgan fingerprint density at radius 2 is 1.19 bits per heavy atom. The molecule has 1 unspecified atom stereocenters. The Labute approximate surface area is 229 Å². The number of benzene rings is 3. The first-order chi connectivity index (χ1) is 17.7. The smallest absolute Gasteiger partial charge is 0.103 e. The Morgan fingerprint density at radius 3 is 1.86 bits per heavy atom. The summed E-state index contributed by atoms with van der Waals surface area (Å²) in [6.45, 7) is 0. The molecule has 1 atom stereocenters. The fraction of sp³-hybridized carbons (Fsp3) is 0.471. The topological polar surface area (TPSA) is 0 Å². The first-order valence-electron chi connectivity index (χ1n) is 14.3. The molecule has 1 aliphatic rings. The Kier molecular flexibility index (Phi) is 10.8. The van der Waals surface area contributed by atoms with Gasteiger partial charge in [0.15, 0.2) is 0 Å². The largest absolute Gasteiger partial charge is 0.121 e. The zero-order valence-corrected chi connectivity index (χ0v) is 23.3. The second kappa shape index (κ2) is 14.3. The van der Waals surface area contributed by atoms with Gasteiger partial charge in [0.2, 0.25) is 0 Å². The Hall–Kier alpha value is -1.76. The highest BCUT2D eigenvalue weighted by molar-refractivity contribution is 6.34. The van der Waals surface area contributed by atoms with Crippen molar-refractivity contribution in [1.29, 1.82) is 0 Å². The lowest BCUT2D eigenvalue weighted by atomic mass is 9.83. The normalized spacial score (nSPS) is 17.4. The van der Waals surface area contributed by atoms with Gasteiger partial charge in [0, 0.05) is 10.6 Å². The molecule has 192 valence electrons. The highest BCUT2D eigenvalue weighted by atomic mass is 35.5. The van der Waals surface area contributed by atoms with Crippen molar-refractivity contribution in [3.63, 3.8) is 0 Å². The third-order valence-corrected chi connectivity index (χ3v) is 9.04. The van der Waals surface area contributed by atoms with E-state index < -0.39 is 4.87 Å². The van der Waals surface area contributed by atoms with Gasteiger partial charge in [-0.3, -0.25) is 0 Å². The van der Waals surface area contributed by atoms with E-state index in [1.165, 1.54) is 89.0 Å². The van der Waals surface area contributed by atoms with Crippen LogP contribution in [0.1, 0.15) is 106 Å². The lowest BCUT2D eigenvalue weighted by Gasteiger charge is -2.30. The molecular formula is C34H42Cl2. The molecule has 3 aromatic carbocycles. The highest BCUT2D eigenvalue weighted by Crippen LogP contribution is 2.45. The SMILES string of the molecule is Clc1ccccc1C(Cl)(c1ccccc1)c1ccc(CCCCCC2CCCCCCCCC2)cc1. The van der Waals surface area contributed by atoms with Crippen LogP contribution < -0.4 is 0 Å². The zero-order valence-electron chi connectivity index (χ0n) is 21.7. The van der Waals surface area contributed by atoms with Crippen LogP contribution in [-0.2, 0) is 11.3 Å². The molecule has 0 amide bonds. The van der Waals surface area contributed by atoms with Crippen molar-refractivity contribution in [3.05, 3.63) is 106 Å². The molecule has 4 rings (SSSR count). The molecule has 1 fully saturated rings. The van der Waals surface area contributed by atoms with Gasteiger partial charge in [-0.25, -0.2) is 0 Å². The molecule has 36 heavy (non-hydrogen) atoms. The molecule has 2 heteroatoms. The summed E-state index contributed by atoms with van der Waals surface area (Å²) in [6.07, 6.45) is 19.7. The van der Waals surface area contributed by atoms with E-state index >= 15 is 0 Å². The summed E-state index contributed by atoms with van der Waals surface area (Å²) < 4.78 is 0. The van der Waals surface area contributed by atoms with Gasteiger partial charge < -0.3 is 0 Å². The third-order valence-electron chi connectivity index (χ3n) is 8.07. The minimum Gasteiger partial charge on any atom is -0.103 e. The quantitative estimate of drug-likeness (QED) is 0.149. The molecule has 0 saturated heterocycles. The average Bonchev–Trinajstić information content (AvgIpc) is 2.92. The fourth-order valence-electron chi connectivity index (χ4n) is 5.91. The predicted molar refractivity (Wildman–Crippen MR) is 157 cm³/mol. The van der Waals surface area contributed by atoms with E-state index in [1.807, 2.05) is 42.5 Å². The predicted octanol–water partition coefficient (Wildman–Crippen LogP) is 11.1. The zero-order chi connectivity index (χ0) is 25.1. The first kappa shape index (κ1) is 27.3. The van der Waals surface area contributed by atoms with Crippen molar-refractivity contribution >= 4 is 23.2 Å². The summed E-state index contributed by atoms with van der Waals surface area (Å²) in [5, 5.41) is 0.691. The Morgan fingerprint density at radius 1 is 0.611 bits per heavy atom.